The zero-order valence-corrected chi connectivity index (χ0v) is 17.7. The molecule has 1 aromatic rings. The predicted octanol–water partition coefficient (Wildman–Crippen LogP) is 2.59. The van der Waals surface area contributed by atoms with E-state index in [1.54, 1.807) is 18.2 Å². The zero-order chi connectivity index (χ0) is 19.9. The van der Waals surface area contributed by atoms with E-state index < -0.39 is 10.0 Å². The molecule has 0 unspecified atom stereocenters. The summed E-state index contributed by atoms with van der Waals surface area (Å²) < 4.78 is 26.9. The van der Waals surface area contributed by atoms with Crippen molar-refractivity contribution >= 4 is 27.5 Å². The summed E-state index contributed by atoms with van der Waals surface area (Å²) in [6.07, 6.45) is 2.01. The summed E-state index contributed by atoms with van der Waals surface area (Å²) in [5.41, 5.74) is 0. The molecule has 1 fully saturated rings. The molecular formula is C19H30ClN3O3S. The predicted molar refractivity (Wildman–Crippen MR) is 108 cm³/mol. The Morgan fingerprint density at radius 3 is 2.52 bits per heavy atom. The molecule has 1 heterocycles. The molecule has 1 amide bonds. The summed E-state index contributed by atoms with van der Waals surface area (Å²) in [5, 5.41) is 3.40. The van der Waals surface area contributed by atoms with Crippen molar-refractivity contribution in [2.45, 2.75) is 38.0 Å². The van der Waals surface area contributed by atoms with Gasteiger partial charge in [-0.25, -0.2) is 8.42 Å². The molecule has 1 saturated heterocycles. The fraction of sp³-hybridized carbons (Fsp3) is 0.632. The SMILES string of the molecule is CCN(CC)CCCNC(=O)C1CCN(S(=O)(=O)c2cccc(Cl)c2)CC1. The topological polar surface area (TPSA) is 69.7 Å². The van der Waals surface area contributed by atoms with Crippen molar-refractivity contribution in [3.63, 3.8) is 0 Å². The first kappa shape index (κ1) is 22.1. The van der Waals surface area contributed by atoms with Gasteiger partial charge in [0, 0.05) is 30.6 Å². The minimum atomic E-state index is -3.56. The molecule has 152 valence electrons. The molecule has 0 radical (unpaired) electrons. The second kappa shape index (κ2) is 10.4. The molecule has 1 aliphatic rings. The van der Waals surface area contributed by atoms with Crippen molar-refractivity contribution in [1.82, 2.24) is 14.5 Å². The van der Waals surface area contributed by atoms with Crippen molar-refractivity contribution in [2.24, 2.45) is 5.92 Å². The van der Waals surface area contributed by atoms with Gasteiger partial charge in [0.25, 0.3) is 0 Å². The molecule has 1 aliphatic heterocycles. The second-order valence-electron chi connectivity index (χ2n) is 6.81. The van der Waals surface area contributed by atoms with E-state index in [0.29, 0.717) is 37.5 Å². The van der Waals surface area contributed by atoms with Gasteiger partial charge in [0.15, 0.2) is 0 Å². The van der Waals surface area contributed by atoms with Crippen LogP contribution in [0.4, 0.5) is 0 Å². The number of halogens is 1. The summed E-state index contributed by atoms with van der Waals surface area (Å²) in [6, 6.07) is 6.30. The maximum absolute atomic E-state index is 12.7. The van der Waals surface area contributed by atoms with E-state index in [1.807, 2.05) is 0 Å². The largest absolute Gasteiger partial charge is 0.356 e. The number of rotatable bonds is 9. The average Bonchev–Trinajstić information content (AvgIpc) is 2.68. The highest BCUT2D eigenvalue weighted by atomic mass is 35.5. The van der Waals surface area contributed by atoms with Crippen LogP contribution >= 0.6 is 11.6 Å². The highest BCUT2D eigenvalue weighted by molar-refractivity contribution is 7.89. The number of nitrogens with one attached hydrogen (secondary N) is 1. The van der Waals surface area contributed by atoms with Crippen LogP contribution < -0.4 is 5.32 Å². The number of nitrogens with zero attached hydrogens (tertiary/aromatic N) is 2. The lowest BCUT2D eigenvalue weighted by atomic mass is 9.97. The summed E-state index contributed by atoms with van der Waals surface area (Å²) in [7, 11) is -3.56. The lowest BCUT2D eigenvalue weighted by Gasteiger charge is -2.30. The molecule has 27 heavy (non-hydrogen) atoms. The molecule has 0 aliphatic carbocycles. The molecular weight excluding hydrogens is 386 g/mol. The van der Waals surface area contributed by atoms with Crippen LogP contribution in [-0.2, 0) is 14.8 Å². The van der Waals surface area contributed by atoms with Gasteiger partial charge in [-0.3, -0.25) is 4.79 Å². The van der Waals surface area contributed by atoms with Gasteiger partial charge >= 0.3 is 0 Å². The lowest BCUT2D eigenvalue weighted by Crippen LogP contribution is -2.43. The molecule has 0 saturated carbocycles. The van der Waals surface area contributed by atoms with Gasteiger partial charge in [0.05, 0.1) is 4.90 Å². The first-order valence-corrected chi connectivity index (χ1v) is 11.5. The van der Waals surface area contributed by atoms with Crippen LogP contribution in [0.25, 0.3) is 0 Å². The Hall–Kier alpha value is -1.15. The Labute approximate surface area is 167 Å². The van der Waals surface area contributed by atoms with E-state index in [9.17, 15) is 13.2 Å². The maximum atomic E-state index is 12.7. The normalized spacial score (nSPS) is 16.6. The summed E-state index contributed by atoms with van der Waals surface area (Å²) in [6.45, 7) is 8.65. The Morgan fingerprint density at radius 2 is 1.93 bits per heavy atom. The molecule has 8 heteroatoms. The van der Waals surface area contributed by atoms with Gasteiger partial charge < -0.3 is 10.2 Å². The monoisotopic (exact) mass is 415 g/mol. The van der Waals surface area contributed by atoms with Crippen LogP contribution in [0.2, 0.25) is 5.02 Å². The Kier molecular flexibility index (Phi) is 8.54. The molecule has 0 spiro atoms. The minimum absolute atomic E-state index is 0.0364. The van der Waals surface area contributed by atoms with E-state index in [4.69, 9.17) is 11.6 Å². The van der Waals surface area contributed by atoms with Crippen molar-refractivity contribution in [2.75, 3.05) is 39.3 Å². The molecule has 1 aromatic carbocycles. The number of piperidine rings is 1. The summed E-state index contributed by atoms with van der Waals surface area (Å²) in [5.74, 6) is -0.0846. The van der Waals surface area contributed by atoms with Gasteiger partial charge in [-0.05, 0) is 57.1 Å². The molecule has 0 bridgehead atoms. The number of amides is 1. The van der Waals surface area contributed by atoms with Gasteiger partial charge in [0.2, 0.25) is 15.9 Å². The van der Waals surface area contributed by atoms with Crippen molar-refractivity contribution in [3.8, 4) is 0 Å². The Morgan fingerprint density at radius 1 is 1.26 bits per heavy atom. The van der Waals surface area contributed by atoms with Crippen LogP contribution in [0, 0.1) is 5.92 Å². The van der Waals surface area contributed by atoms with E-state index >= 15 is 0 Å². The standard InChI is InChI=1S/C19H30ClN3O3S/c1-3-22(4-2)12-6-11-21-19(24)16-9-13-23(14-10-16)27(25,26)18-8-5-7-17(20)15-18/h5,7-8,15-16H,3-4,6,9-14H2,1-2H3,(H,21,24). The van der Waals surface area contributed by atoms with Gasteiger partial charge in [-0.2, -0.15) is 4.31 Å². The van der Waals surface area contributed by atoms with E-state index in [1.165, 1.54) is 10.4 Å². The summed E-state index contributed by atoms with van der Waals surface area (Å²) >= 11 is 5.91. The smallest absolute Gasteiger partial charge is 0.243 e. The number of carbonyl (C=O) groups is 1. The van der Waals surface area contributed by atoms with E-state index in [0.717, 1.165) is 26.1 Å². The maximum Gasteiger partial charge on any atom is 0.243 e. The van der Waals surface area contributed by atoms with Gasteiger partial charge in [-0.1, -0.05) is 31.5 Å². The van der Waals surface area contributed by atoms with Gasteiger partial charge in [-0.15, -0.1) is 0 Å². The Bertz CT molecular complexity index is 715. The zero-order valence-electron chi connectivity index (χ0n) is 16.2. The van der Waals surface area contributed by atoms with Gasteiger partial charge in [0.1, 0.15) is 0 Å². The number of benzene rings is 1. The van der Waals surface area contributed by atoms with E-state index in [-0.39, 0.29) is 16.7 Å². The summed E-state index contributed by atoms with van der Waals surface area (Å²) in [4.78, 5) is 14.9. The molecule has 6 nitrogen and oxygen atoms in total. The fourth-order valence-corrected chi connectivity index (χ4v) is 5.10. The fourth-order valence-electron chi connectivity index (χ4n) is 3.33. The van der Waals surface area contributed by atoms with Crippen molar-refractivity contribution in [1.29, 1.82) is 0 Å². The third-order valence-corrected chi connectivity index (χ3v) is 7.23. The van der Waals surface area contributed by atoms with Crippen LogP contribution in [-0.4, -0.2) is 62.8 Å². The number of carbonyl (C=O) groups excluding carboxylic acids is 1. The van der Waals surface area contributed by atoms with Crippen LogP contribution in [0.5, 0.6) is 0 Å². The number of hydrogen-bond donors (Lipinski definition) is 1. The highest BCUT2D eigenvalue weighted by Crippen LogP contribution is 2.25. The first-order valence-electron chi connectivity index (χ1n) is 9.64. The Balaban J connectivity index is 1.80. The minimum Gasteiger partial charge on any atom is -0.356 e. The number of sulfonamides is 1. The average molecular weight is 416 g/mol. The molecule has 0 aromatic heterocycles. The van der Waals surface area contributed by atoms with Crippen LogP contribution in [0.1, 0.15) is 33.1 Å². The lowest BCUT2D eigenvalue weighted by molar-refractivity contribution is -0.126. The van der Waals surface area contributed by atoms with Crippen molar-refractivity contribution < 1.29 is 13.2 Å². The molecule has 0 atom stereocenters. The third-order valence-electron chi connectivity index (χ3n) is 5.10. The first-order chi connectivity index (χ1) is 12.9. The molecule has 1 N–H and O–H groups in total. The highest BCUT2D eigenvalue weighted by Gasteiger charge is 2.32. The third kappa shape index (κ3) is 6.17. The van der Waals surface area contributed by atoms with Crippen LogP contribution in [0.3, 0.4) is 0 Å². The second-order valence-corrected chi connectivity index (χ2v) is 9.18. The number of hydrogen-bond acceptors (Lipinski definition) is 4. The quantitative estimate of drug-likeness (QED) is 0.629. The van der Waals surface area contributed by atoms with E-state index in [2.05, 4.69) is 24.1 Å². The van der Waals surface area contributed by atoms with Crippen LogP contribution in [0.15, 0.2) is 29.2 Å². The molecule has 2 rings (SSSR count). The van der Waals surface area contributed by atoms with Crippen molar-refractivity contribution in [3.05, 3.63) is 29.3 Å².